The van der Waals surface area contributed by atoms with Crippen molar-refractivity contribution in [3.63, 3.8) is 0 Å². The highest BCUT2D eigenvalue weighted by Gasteiger charge is 2.11. The average Bonchev–Trinajstić information content (AvgIpc) is 2.65. The highest BCUT2D eigenvalue weighted by atomic mass is 16.3. The minimum Gasteiger partial charge on any atom is -0.441 e. The number of nitrogen functional groups attached to an aromatic ring is 1. The summed E-state index contributed by atoms with van der Waals surface area (Å²) in [5, 5.41) is 3.59. The molecule has 1 aromatic heterocycles. The third-order valence-electron chi connectivity index (χ3n) is 2.36. The van der Waals surface area contributed by atoms with E-state index in [2.05, 4.69) is 5.32 Å². The number of carbonyl (C=O) groups is 1. The van der Waals surface area contributed by atoms with Gasteiger partial charge < -0.3 is 15.5 Å². The molecule has 0 fully saturated rings. The third-order valence-corrected chi connectivity index (χ3v) is 2.36. The van der Waals surface area contributed by atoms with Gasteiger partial charge in [-0.25, -0.2) is 0 Å². The average molecular weight is 218 g/mol. The summed E-state index contributed by atoms with van der Waals surface area (Å²) in [5.41, 5.74) is 6.80. The molecule has 0 aliphatic heterocycles. The van der Waals surface area contributed by atoms with Crippen LogP contribution in [-0.4, -0.2) is 12.5 Å². The van der Waals surface area contributed by atoms with Crippen molar-refractivity contribution < 1.29 is 9.21 Å². The second-order valence-corrected chi connectivity index (χ2v) is 3.62. The standard InChI is InChI=1S/C12H14N2O2/c1-2-6-14-12(15)8-4-3-5-10-9(8)7-11(13)16-10/h3-5,7H,2,6,13H2,1H3,(H,14,15). The first kappa shape index (κ1) is 10.5. The summed E-state index contributed by atoms with van der Waals surface area (Å²) < 4.78 is 5.26. The lowest BCUT2D eigenvalue weighted by atomic mass is 10.1. The van der Waals surface area contributed by atoms with E-state index in [0.717, 1.165) is 11.8 Å². The maximum absolute atomic E-state index is 11.8. The molecule has 0 aliphatic rings. The Labute approximate surface area is 93.4 Å². The van der Waals surface area contributed by atoms with Crippen LogP contribution in [0.1, 0.15) is 23.7 Å². The number of furan rings is 1. The largest absolute Gasteiger partial charge is 0.441 e. The molecule has 16 heavy (non-hydrogen) atoms. The van der Waals surface area contributed by atoms with Gasteiger partial charge in [0.15, 0.2) is 5.88 Å². The van der Waals surface area contributed by atoms with Gasteiger partial charge in [-0.2, -0.15) is 0 Å². The first-order valence-electron chi connectivity index (χ1n) is 5.28. The van der Waals surface area contributed by atoms with Crippen LogP contribution in [0.3, 0.4) is 0 Å². The van der Waals surface area contributed by atoms with E-state index in [1.54, 1.807) is 24.3 Å². The minimum atomic E-state index is -0.0896. The molecule has 0 spiro atoms. The fraction of sp³-hybridized carbons (Fsp3) is 0.250. The topological polar surface area (TPSA) is 68.3 Å². The number of fused-ring (bicyclic) bond motifs is 1. The van der Waals surface area contributed by atoms with Crippen LogP contribution in [-0.2, 0) is 0 Å². The molecule has 1 heterocycles. The van der Waals surface area contributed by atoms with Crippen LogP contribution in [0.2, 0.25) is 0 Å². The van der Waals surface area contributed by atoms with Crippen molar-refractivity contribution >= 4 is 22.8 Å². The fourth-order valence-corrected chi connectivity index (χ4v) is 1.61. The zero-order valence-electron chi connectivity index (χ0n) is 9.12. The van der Waals surface area contributed by atoms with Crippen molar-refractivity contribution in [3.05, 3.63) is 29.8 Å². The van der Waals surface area contributed by atoms with Crippen molar-refractivity contribution in [1.82, 2.24) is 5.32 Å². The number of benzene rings is 1. The summed E-state index contributed by atoms with van der Waals surface area (Å²) in [6.07, 6.45) is 0.912. The number of amides is 1. The summed E-state index contributed by atoms with van der Waals surface area (Å²) in [5.74, 6) is 0.235. The molecule has 0 bridgehead atoms. The summed E-state index contributed by atoms with van der Waals surface area (Å²) in [6, 6.07) is 7.02. The number of hydrogen-bond donors (Lipinski definition) is 2. The molecule has 84 valence electrons. The monoisotopic (exact) mass is 218 g/mol. The maximum Gasteiger partial charge on any atom is 0.252 e. The van der Waals surface area contributed by atoms with Crippen LogP contribution in [0.4, 0.5) is 5.88 Å². The van der Waals surface area contributed by atoms with Gasteiger partial charge in [-0.1, -0.05) is 13.0 Å². The molecule has 0 saturated carbocycles. The SMILES string of the molecule is CCCNC(=O)c1cccc2oc(N)cc12. The zero-order valence-corrected chi connectivity index (χ0v) is 9.12. The van der Waals surface area contributed by atoms with Gasteiger partial charge in [0.05, 0.1) is 5.56 Å². The Morgan fingerprint density at radius 2 is 2.31 bits per heavy atom. The van der Waals surface area contributed by atoms with Gasteiger partial charge in [-0.15, -0.1) is 0 Å². The molecule has 2 aromatic rings. The fourth-order valence-electron chi connectivity index (χ4n) is 1.61. The minimum absolute atomic E-state index is 0.0896. The molecule has 4 nitrogen and oxygen atoms in total. The Hall–Kier alpha value is -1.97. The van der Waals surface area contributed by atoms with E-state index in [-0.39, 0.29) is 5.91 Å². The number of rotatable bonds is 3. The molecule has 1 amide bonds. The van der Waals surface area contributed by atoms with Gasteiger partial charge in [0, 0.05) is 18.0 Å². The quantitative estimate of drug-likeness (QED) is 0.829. The van der Waals surface area contributed by atoms with Crippen LogP contribution in [0.5, 0.6) is 0 Å². The molecular weight excluding hydrogens is 204 g/mol. The predicted molar refractivity (Wildman–Crippen MR) is 63.3 cm³/mol. The van der Waals surface area contributed by atoms with Crippen molar-refractivity contribution in [1.29, 1.82) is 0 Å². The highest BCUT2D eigenvalue weighted by Crippen LogP contribution is 2.24. The van der Waals surface area contributed by atoms with E-state index >= 15 is 0 Å². The summed E-state index contributed by atoms with van der Waals surface area (Å²) in [7, 11) is 0. The third kappa shape index (κ3) is 1.86. The summed E-state index contributed by atoms with van der Waals surface area (Å²) in [6.45, 7) is 2.68. The lowest BCUT2D eigenvalue weighted by Crippen LogP contribution is -2.23. The van der Waals surface area contributed by atoms with Gasteiger partial charge >= 0.3 is 0 Å². The Morgan fingerprint density at radius 3 is 3.06 bits per heavy atom. The van der Waals surface area contributed by atoms with E-state index < -0.39 is 0 Å². The molecule has 1 aromatic carbocycles. The number of nitrogens with one attached hydrogen (secondary N) is 1. The summed E-state index contributed by atoms with van der Waals surface area (Å²) in [4.78, 5) is 11.8. The van der Waals surface area contributed by atoms with E-state index in [9.17, 15) is 4.79 Å². The first-order chi connectivity index (χ1) is 7.72. The second kappa shape index (κ2) is 4.26. The maximum atomic E-state index is 11.8. The lowest BCUT2D eigenvalue weighted by Gasteiger charge is -2.03. The van der Waals surface area contributed by atoms with Gasteiger partial charge in [0.2, 0.25) is 0 Å². The first-order valence-corrected chi connectivity index (χ1v) is 5.28. The van der Waals surface area contributed by atoms with Crippen molar-refractivity contribution in [2.24, 2.45) is 0 Å². The van der Waals surface area contributed by atoms with Gasteiger partial charge in [-0.05, 0) is 18.6 Å². The summed E-state index contributed by atoms with van der Waals surface area (Å²) >= 11 is 0. The lowest BCUT2D eigenvalue weighted by molar-refractivity contribution is 0.0955. The zero-order chi connectivity index (χ0) is 11.5. The van der Waals surface area contributed by atoms with Crippen LogP contribution in [0.25, 0.3) is 11.0 Å². The molecule has 3 N–H and O–H groups in total. The Morgan fingerprint density at radius 1 is 1.50 bits per heavy atom. The van der Waals surface area contributed by atoms with Crippen molar-refractivity contribution in [3.8, 4) is 0 Å². The normalized spacial score (nSPS) is 10.6. The van der Waals surface area contributed by atoms with Crippen LogP contribution in [0, 0.1) is 0 Å². The number of carbonyl (C=O) groups excluding carboxylic acids is 1. The van der Waals surface area contributed by atoms with Crippen molar-refractivity contribution in [2.75, 3.05) is 12.3 Å². The highest BCUT2D eigenvalue weighted by molar-refractivity contribution is 6.06. The number of nitrogens with two attached hydrogens (primary N) is 1. The van der Waals surface area contributed by atoms with Crippen molar-refractivity contribution in [2.45, 2.75) is 13.3 Å². The molecule has 4 heteroatoms. The van der Waals surface area contributed by atoms with E-state index in [0.29, 0.717) is 23.6 Å². The molecular formula is C12H14N2O2. The molecule has 0 unspecified atom stereocenters. The van der Waals surface area contributed by atoms with E-state index in [1.807, 2.05) is 6.92 Å². The molecule has 0 radical (unpaired) electrons. The van der Waals surface area contributed by atoms with Gasteiger partial charge in [0.1, 0.15) is 5.58 Å². The van der Waals surface area contributed by atoms with E-state index in [1.165, 1.54) is 0 Å². The van der Waals surface area contributed by atoms with Gasteiger partial charge in [-0.3, -0.25) is 4.79 Å². The number of anilines is 1. The van der Waals surface area contributed by atoms with E-state index in [4.69, 9.17) is 10.2 Å². The van der Waals surface area contributed by atoms with Crippen LogP contribution in [0.15, 0.2) is 28.7 Å². The van der Waals surface area contributed by atoms with Crippen LogP contribution < -0.4 is 11.1 Å². The predicted octanol–water partition coefficient (Wildman–Crippen LogP) is 2.15. The molecule has 0 saturated heterocycles. The Kier molecular flexibility index (Phi) is 2.81. The molecule has 0 atom stereocenters. The Balaban J connectivity index is 2.39. The van der Waals surface area contributed by atoms with Gasteiger partial charge in [0.25, 0.3) is 5.91 Å². The van der Waals surface area contributed by atoms with Crippen LogP contribution >= 0.6 is 0 Å². The smallest absolute Gasteiger partial charge is 0.252 e. The Bertz CT molecular complexity index is 517. The molecule has 0 aliphatic carbocycles. The number of hydrogen-bond acceptors (Lipinski definition) is 3. The molecule has 2 rings (SSSR count). The second-order valence-electron chi connectivity index (χ2n) is 3.62.